The highest BCUT2D eigenvalue weighted by Gasteiger charge is 2.38. The maximum atomic E-state index is 2.40. The summed E-state index contributed by atoms with van der Waals surface area (Å²) in [7, 11) is -0.627. The molecule has 1 aliphatic heterocycles. The molecule has 1 fully saturated rings. The van der Waals surface area contributed by atoms with E-state index >= 15 is 0 Å². The van der Waals surface area contributed by atoms with E-state index in [-0.39, 0.29) is 0 Å². The first-order valence-corrected chi connectivity index (χ1v) is 8.51. The van der Waals surface area contributed by atoms with Crippen molar-refractivity contribution in [2.45, 2.75) is 64.2 Å². The molecule has 1 heterocycles. The van der Waals surface area contributed by atoms with Gasteiger partial charge in [0, 0.05) is 0 Å². The second-order valence-corrected chi connectivity index (χ2v) is 9.96. The van der Waals surface area contributed by atoms with Crippen molar-refractivity contribution in [3.63, 3.8) is 0 Å². The van der Waals surface area contributed by atoms with Crippen molar-refractivity contribution in [2.75, 3.05) is 0 Å². The Morgan fingerprint density at radius 3 is 2.25 bits per heavy atom. The highest BCUT2D eigenvalue weighted by atomic mass is 28.3. The average molecular weight is 184 g/mol. The Balaban J connectivity index is 2.29. The van der Waals surface area contributed by atoms with Gasteiger partial charge in [0.15, 0.2) is 0 Å². The molecule has 0 nitrogen and oxygen atoms in total. The molecular formula is C11H24Si. The van der Waals surface area contributed by atoms with E-state index in [9.17, 15) is 0 Å². The molecule has 1 rings (SSSR count). The van der Waals surface area contributed by atoms with Crippen LogP contribution < -0.4 is 0 Å². The van der Waals surface area contributed by atoms with Gasteiger partial charge < -0.3 is 0 Å². The zero-order valence-corrected chi connectivity index (χ0v) is 10.0. The van der Waals surface area contributed by atoms with E-state index in [2.05, 4.69) is 20.8 Å². The molecule has 0 aromatic rings. The largest absolute Gasteiger partial charge is 0.0654 e. The van der Waals surface area contributed by atoms with Gasteiger partial charge in [-0.15, -0.1) is 0 Å². The molecule has 0 aromatic carbocycles. The number of hydrogen-bond donors (Lipinski definition) is 0. The molecule has 0 amide bonds. The molecule has 72 valence electrons. The Labute approximate surface area is 78.8 Å². The lowest BCUT2D eigenvalue weighted by molar-refractivity contribution is 0.677. The molecule has 0 N–H and O–H groups in total. The quantitative estimate of drug-likeness (QED) is 0.559. The summed E-state index contributed by atoms with van der Waals surface area (Å²) >= 11 is 0. The van der Waals surface area contributed by atoms with E-state index in [4.69, 9.17) is 0 Å². The van der Waals surface area contributed by atoms with Crippen LogP contribution in [0, 0.1) is 5.92 Å². The Bertz CT molecular complexity index is 125. The highest BCUT2D eigenvalue weighted by Crippen LogP contribution is 2.42. The van der Waals surface area contributed by atoms with Crippen LogP contribution in [0.5, 0.6) is 0 Å². The first kappa shape index (κ1) is 10.3. The summed E-state index contributed by atoms with van der Waals surface area (Å²) in [5.74, 6) is 0.967. The third-order valence-corrected chi connectivity index (χ3v) is 9.24. The fraction of sp³-hybridized carbons (Fsp3) is 1.00. The van der Waals surface area contributed by atoms with Crippen LogP contribution in [0.15, 0.2) is 0 Å². The van der Waals surface area contributed by atoms with Gasteiger partial charge >= 0.3 is 0 Å². The zero-order chi connectivity index (χ0) is 9.03. The predicted molar refractivity (Wildman–Crippen MR) is 59.3 cm³/mol. The van der Waals surface area contributed by atoms with Gasteiger partial charge in [0.05, 0.1) is 8.07 Å². The van der Waals surface area contributed by atoms with Crippen LogP contribution in [-0.2, 0) is 0 Å². The normalized spacial score (nSPS) is 21.0. The third kappa shape index (κ3) is 2.62. The smallest absolute Gasteiger partial charge is 0.0538 e. The van der Waals surface area contributed by atoms with Gasteiger partial charge in [-0.1, -0.05) is 64.2 Å². The Morgan fingerprint density at radius 1 is 1.25 bits per heavy atom. The van der Waals surface area contributed by atoms with Crippen LogP contribution in [0.1, 0.15) is 40.0 Å². The molecule has 1 aliphatic rings. The summed E-state index contributed by atoms with van der Waals surface area (Å²) in [6, 6.07) is 6.57. The number of rotatable bonds is 5. The van der Waals surface area contributed by atoms with E-state index in [1.165, 1.54) is 12.8 Å². The van der Waals surface area contributed by atoms with Crippen molar-refractivity contribution in [3.05, 3.63) is 0 Å². The van der Waals surface area contributed by atoms with Crippen LogP contribution in [0.25, 0.3) is 0 Å². The maximum Gasteiger partial charge on any atom is 0.0538 e. The van der Waals surface area contributed by atoms with Crippen LogP contribution in [0.4, 0.5) is 0 Å². The Morgan fingerprint density at radius 2 is 1.92 bits per heavy atom. The van der Waals surface area contributed by atoms with Gasteiger partial charge in [0.25, 0.3) is 0 Å². The fourth-order valence-electron chi connectivity index (χ4n) is 2.65. The Kier molecular flexibility index (Phi) is 3.82. The van der Waals surface area contributed by atoms with Crippen LogP contribution >= 0.6 is 0 Å². The van der Waals surface area contributed by atoms with Crippen molar-refractivity contribution < 1.29 is 0 Å². The second kappa shape index (κ2) is 4.45. The molecule has 0 unspecified atom stereocenters. The van der Waals surface area contributed by atoms with Gasteiger partial charge in [0.2, 0.25) is 0 Å². The Hall–Kier alpha value is 0.217. The second-order valence-electron chi connectivity index (χ2n) is 5.06. The van der Waals surface area contributed by atoms with E-state index in [0.29, 0.717) is 0 Å². The van der Waals surface area contributed by atoms with E-state index in [1.54, 1.807) is 30.6 Å². The van der Waals surface area contributed by atoms with Crippen molar-refractivity contribution in [3.8, 4) is 0 Å². The number of unbranched alkanes of at least 4 members (excludes halogenated alkanes) is 1. The van der Waals surface area contributed by atoms with Crippen LogP contribution in [0.2, 0.25) is 24.2 Å². The predicted octanol–water partition coefficient (Wildman–Crippen LogP) is 4.30. The molecule has 1 heteroatoms. The van der Waals surface area contributed by atoms with Crippen LogP contribution in [0.3, 0.4) is 0 Å². The molecule has 0 bridgehead atoms. The SMILES string of the molecule is CCCC[Si]1(CC(C)C)CCC1. The molecule has 0 spiro atoms. The van der Waals surface area contributed by atoms with Crippen molar-refractivity contribution >= 4 is 8.07 Å². The molecular weight excluding hydrogens is 160 g/mol. The summed E-state index contributed by atoms with van der Waals surface area (Å²) in [5, 5.41) is 0. The van der Waals surface area contributed by atoms with E-state index < -0.39 is 8.07 Å². The topological polar surface area (TPSA) is 0 Å². The average Bonchev–Trinajstić information content (AvgIpc) is 1.94. The van der Waals surface area contributed by atoms with Gasteiger partial charge in [-0.25, -0.2) is 0 Å². The highest BCUT2D eigenvalue weighted by molar-refractivity contribution is 6.82. The molecule has 0 aromatic heterocycles. The van der Waals surface area contributed by atoms with Gasteiger partial charge in [-0.05, 0) is 5.92 Å². The minimum absolute atomic E-state index is 0.627. The lowest BCUT2D eigenvalue weighted by Crippen LogP contribution is -2.42. The standard InChI is InChI=1S/C11H24Si/c1-4-5-7-12(8-6-9-12)10-11(2)3/h11H,4-10H2,1-3H3. The fourth-order valence-corrected chi connectivity index (χ4v) is 7.95. The van der Waals surface area contributed by atoms with Gasteiger partial charge in [0.1, 0.15) is 0 Å². The zero-order valence-electron chi connectivity index (χ0n) is 9.03. The third-order valence-electron chi connectivity index (χ3n) is 3.32. The summed E-state index contributed by atoms with van der Waals surface area (Å²) in [6.07, 6.45) is 4.48. The first-order valence-electron chi connectivity index (χ1n) is 5.68. The monoisotopic (exact) mass is 184 g/mol. The minimum atomic E-state index is -0.627. The first-order chi connectivity index (χ1) is 5.68. The summed E-state index contributed by atoms with van der Waals surface area (Å²) in [6.45, 7) is 7.13. The number of hydrogen-bond acceptors (Lipinski definition) is 0. The van der Waals surface area contributed by atoms with E-state index in [1.807, 2.05) is 0 Å². The van der Waals surface area contributed by atoms with E-state index in [0.717, 1.165) is 5.92 Å². The molecule has 0 aliphatic carbocycles. The van der Waals surface area contributed by atoms with Gasteiger partial charge in [-0.2, -0.15) is 0 Å². The van der Waals surface area contributed by atoms with Crippen molar-refractivity contribution in [1.82, 2.24) is 0 Å². The summed E-state index contributed by atoms with van der Waals surface area (Å²) in [5.41, 5.74) is 0. The molecule has 1 saturated heterocycles. The van der Waals surface area contributed by atoms with Gasteiger partial charge in [-0.3, -0.25) is 0 Å². The molecule has 0 radical (unpaired) electrons. The summed E-state index contributed by atoms with van der Waals surface area (Å²) < 4.78 is 0. The summed E-state index contributed by atoms with van der Waals surface area (Å²) in [4.78, 5) is 0. The van der Waals surface area contributed by atoms with Crippen molar-refractivity contribution in [2.24, 2.45) is 5.92 Å². The lowest BCUT2D eigenvalue weighted by atomic mass is 10.3. The molecule has 0 saturated carbocycles. The van der Waals surface area contributed by atoms with Crippen LogP contribution in [-0.4, -0.2) is 8.07 Å². The molecule has 12 heavy (non-hydrogen) atoms. The lowest BCUT2D eigenvalue weighted by Gasteiger charge is -2.41. The maximum absolute atomic E-state index is 2.40. The minimum Gasteiger partial charge on any atom is -0.0654 e. The van der Waals surface area contributed by atoms with Crippen molar-refractivity contribution in [1.29, 1.82) is 0 Å². The molecule has 0 atom stereocenters.